The van der Waals surface area contributed by atoms with E-state index in [0.29, 0.717) is 5.92 Å². The monoisotopic (exact) mass is 172 g/mol. The molecule has 1 unspecified atom stereocenters. The molecule has 0 aromatic heterocycles. The molecule has 11 heavy (non-hydrogen) atoms. The molecular weight excluding hydrogens is 156 g/mol. The van der Waals surface area contributed by atoms with Crippen LogP contribution < -0.4 is 0 Å². The summed E-state index contributed by atoms with van der Waals surface area (Å²) in [6.45, 7) is 10.3. The highest BCUT2D eigenvalue weighted by Crippen LogP contribution is 2.26. The zero-order valence-electron chi connectivity index (χ0n) is 7.60. The first kappa shape index (κ1) is 10.8. The highest BCUT2D eigenvalue weighted by atomic mass is 35.5. The van der Waals surface area contributed by atoms with E-state index in [-0.39, 0.29) is 5.41 Å². The summed E-state index contributed by atoms with van der Waals surface area (Å²) < 4.78 is 0. The van der Waals surface area contributed by atoms with Gasteiger partial charge in [0, 0.05) is 5.54 Å². The Morgan fingerprint density at radius 1 is 1.55 bits per heavy atom. The normalized spacial score (nSPS) is 15.3. The Hall–Kier alpha value is -0.230. The molecule has 0 heterocycles. The van der Waals surface area contributed by atoms with Crippen LogP contribution >= 0.6 is 11.6 Å². The highest BCUT2D eigenvalue weighted by Gasteiger charge is 2.15. The SMILES string of the molecule is C=CC(C)(C)CC(C)C=CCl. The Morgan fingerprint density at radius 3 is 2.45 bits per heavy atom. The van der Waals surface area contributed by atoms with Gasteiger partial charge >= 0.3 is 0 Å². The highest BCUT2D eigenvalue weighted by molar-refractivity contribution is 6.25. The van der Waals surface area contributed by atoms with Gasteiger partial charge in [0.05, 0.1) is 0 Å². The second-order valence-corrected chi connectivity index (χ2v) is 3.94. The molecule has 0 aromatic carbocycles. The minimum Gasteiger partial charge on any atom is -0.103 e. The maximum absolute atomic E-state index is 5.46. The fourth-order valence-corrected chi connectivity index (χ4v) is 1.35. The van der Waals surface area contributed by atoms with E-state index in [1.807, 2.05) is 12.2 Å². The maximum Gasteiger partial charge on any atom is 0.000515 e. The molecule has 0 spiro atoms. The van der Waals surface area contributed by atoms with Crippen molar-refractivity contribution >= 4 is 11.6 Å². The van der Waals surface area contributed by atoms with Crippen LogP contribution in [0.2, 0.25) is 0 Å². The number of hydrogen-bond acceptors (Lipinski definition) is 0. The Morgan fingerprint density at radius 2 is 2.09 bits per heavy atom. The summed E-state index contributed by atoms with van der Waals surface area (Å²) in [5.41, 5.74) is 1.81. The summed E-state index contributed by atoms with van der Waals surface area (Å²) in [7, 11) is 0. The molecular formula is C10H17Cl. The second kappa shape index (κ2) is 4.61. The molecule has 0 bridgehead atoms. The van der Waals surface area contributed by atoms with Crippen LogP contribution in [0.5, 0.6) is 0 Å². The molecule has 0 aliphatic heterocycles. The van der Waals surface area contributed by atoms with Gasteiger partial charge in [0.15, 0.2) is 0 Å². The smallest absolute Gasteiger partial charge is 0.000515 e. The molecule has 0 N–H and O–H groups in total. The first-order valence-corrected chi connectivity index (χ1v) is 4.36. The van der Waals surface area contributed by atoms with Crippen LogP contribution in [0.25, 0.3) is 0 Å². The fraction of sp³-hybridized carbons (Fsp3) is 0.600. The largest absolute Gasteiger partial charge is 0.103 e. The molecule has 0 amide bonds. The van der Waals surface area contributed by atoms with Crippen molar-refractivity contribution in [1.82, 2.24) is 0 Å². The van der Waals surface area contributed by atoms with Crippen molar-refractivity contribution in [3.05, 3.63) is 24.3 Å². The third-order valence-electron chi connectivity index (χ3n) is 1.80. The van der Waals surface area contributed by atoms with Crippen LogP contribution in [0.4, 0.5) is 0 Å². The van der Waals surface area contributed by atoms with Crippen molar-refractivity contribution in [2.75, 3.05) is 0 Å². The van der Waals surface area contributed by atoms with Crippen LogP contribution in [0.1, 0.15) is 27.2 Å². The number of halogens is 1. The second-order valence-electron chi connectivity index (χ2n) is 3.69. The van der Waals surface area contributed by atoms with E-state index in [4.69, 9.17) is 11.6 Å². The van der Waals surface area contributed by atoms with Crippen molar-refractivity contribution in [3.8, 4) is 0 Å². The first-order chi connectivity index (χ1) is 5.02. The third kappa shape index (κ3) is 5.09. The molecule has 1 atom stereocenters. The van der Waals surface area contributed by atoms with Gasteiger partial charge in [-0.2, -0.15) is 0 Å². The maximum atomic E-state index is 5.46. The van der Waals surface area contributed by atoms with E-state index in [0.717, 1.165) is 6.42 Å². The zero-order valence-corrected chi connectivity index (χ0v) is 8.36. The summed E-state index contributed by atoms with van der Waals surface area (Å²) in [5.74, 6) is 0.528. The lowest BCUT2D eigenvalue weighted by Crippen LogP contribution is -2.10. The molecule has 64 valence electrons. The van der Waals surface area contributed by atoms with Crippen molar-refractivity contribution < 1.29 is 0 Å². The topological polar surface area (TPSA) is 0 Å². The van der Waals surface area contributed by atoms with Crippen LogP contribution in [-0.2, 0) is 0 Å². The Kier molecular flexibility index (Phi) is 4.51. The van der Waals surface area contributed by atoms with E-state index in [9.17, 15) is 0 Å². The predicted octanol–water partition coefficient (Wildman–Crippen LogP) is 3.98. The summed E-state index contributed by atoms with van der Waals surface area (Å²) in [6, 6.07) is 0. The lowest BCUT2D eigenvalue weighted by atomic mass is 9.84. The molecule has 0 nitrogen and oxygen atoms in total. The fourth-order valence-electron chi connectivity index (χ4n) is 1.11. The van der Waals surface area contributed by atoms with Gasteiger partial charge in [0.2, 0.25) is 0 Å². The molecule has 0 fully saturated rings. The Balaban J connectivity index is 3.92. The Bertz CT molecular complexity index is 145. The first-order valence-electron chi connectivity index (χ1n) is 3.92. The summed E-state index contributed by atoms with van der Waals surface area (Å²) in [4.78, 5) is 0. The third-order valence-corrected chi connectivity index (χ3v) is 1.95. The lowest BCUT2D eigenvalue weighted by molar-refractivity contribution is 0.388. The van der Waals surface area contributed by atoms with Gasteiger partial charge in [-0.15, -0.1) is 6.58 Å². The van der Waals surface area contributed by atoms with E-state index < -0.39 is 0 Å². The molecule has 0 aromatic rings. The van der Waals surface area contributed by atoms with Crippen molar-refractivity contribution in [1.29, 1.82) is 0 Å². The van der Waals surface area contributed by atoms with E-state index in [1.54, 1.807) is 5.54 Å². The predicted molar refractivity (Wildman–Crippen MR) is 52.8 cm³/mol. The van der Waals surface area contributed by atoms with Crippen LogP contribution in [0.3, 0.4) is 0 Å². The number of hydrogen-bond donors (Lipinski definition) is 0. The minimum absolute atomic E-state index is 0.218. The minimum atomic E-state index is 0.218. The van der Waals surface area contributed by atoms with Crippen LogP contribution in [-0.4, -0.2) is 0 Å². The Labute approximate surface area is 74.9 Å². The standard InChI is InChI=1S/C10H17Cl/c1-5-10(3,4)8-9(2)6-7-11/h5-7,9H,1,8H2,2-4H3. The summed E-state index contributed by atoms with van der Waals surface area (Å²) >= 11 is 5.46. The van der Waals surface area contributed by atoms with Gasteiger partial charge in [-0.25, -0.2) is 0 Å². The lowest BCUT2D eigenvalue weighted by Gasteiger charge is -2.22. The van der Waals surface area contributed by atoms with Gasteiger partial charge in [-0.05, 0) is 17.8 Å². The summed E-state index contributed by atoms with van der Waals surface area (Å²) in [5, 5.41) is 0. The average Bonchev–Trinajstić information content (AvgIpc) is 1.87. The van der Waals surface area contributed by atoms with Gasteiger partial charge in [0.1, 0.15) is 0 Å². The molecule has 0 rings (SSSR count). The zero-order chi connectivity index (χ0) is 8.91. The number of allylic oxidation sites excluding steroid dienone is 2. The number of rotatable bonds is 4. The van der Waals surface area contributed by atoms with Gasteiger partial charge in [-0.1, -0.05) is 44.5 Å². The van der Waals surface area contributed by atoms with Crippen molar-refractivity contribution in [2.45, 2.75) is 27.2 Å². The quantitative estimate of drug-likeness (QED) is 0.563. The van der Waals surface area contributed by atoms with Gasteiger partial charge in [0.25, 0.3) is 0 Å². The molecule has 0 saturated heterocycles. The summed E-state index contributed by atoms with van der Waals surface area (Å²) in [6.07, 6.45) is 5.10. The molecule has 1 heteroatoms. The van der Waals surface area contributed by atoms with Gasteiger partial charge < -0.3 is 0 Å². The molecule has 0 aliphatic rings. The van der Waals surface area contributed by atoms with E-state index >= 15 is 0 Å². The van der Waals surface area contributed by atoms with Gasteiger partial charge in [-0.3, -0.25) is 0 Å². The van der Waals surface area contributed by atoms with E-state index in [1.165, 1.54) is 0 Å². The van der Waals surface area contributed by atoms with Crippen molar-refractivity contribution in [3.63, 3.8) is 0 Å². The van der Waals surface area contributed by atoms with Crippen LogP contribution in [0.15, 0.2) is 24.3 Å². The van der Waals surface area contributed by atoms with Crippen molar-refractivity contribution in [2.24, 2.45) is 11.3 Å². The molecule has 0 radical (unpaired) electrons. The van der Waals surface area contributed by atoms with Crippen LogP contribution in [0, 0.1) is 11.3 Å². The van der Waals surface area contributed by atoms with E-state index in [2.05, 4.69) is 27.4 Å². The molecule has 0 aliphatic carbocycles. The molecule has 0 saturated carbocycles. The average molecular weight is 173 g/mol.